The fourth-order valence-electron chi connectivity index (χ4n) is 1.64. The molecule has 4 N–H and O–H groups in total. The van der Waals surface area contributed by atoms with E-state index in [9.17, 15) is 30.0 Å². The molecule has 0 aromatic heterocycles. The maximum atomic E-state index is 11.5. The fraction of sp³-hybridized carbons (Fsp3) is 0.867. The minimum absolute atomic E-state index is 0.161. The Balaban J connectivity index is 4.11. The topological polar surface area (TPSA) is 134 Å². The van der Waals surface area contributed by atoms with Gasteiger partial charge in [0.1, 0.15) is 30.5 Å². The first kappa shape index (κ1) is 21.8. The zero-order valence-corrected chi connectivity index (χ0v) is 14.1. The van der Waals surface area contributed by atoms with Gasteiger partial charge in [-0.1, -0.05) is 6.92 Å². The van der Waals surface area contributed by atoms with Crippen LogP contribution >= 0.6 is 0 Å². The Morgan fingerprint density at radius 2 is 1.39 bits per heavy atom. The van der Waals surface area contributed by atoms with E-state index >= 15 is 0 Å². The van der Waals surface area contributed by atoms with E-state index in [4.69, 9.17) is 9.47 Å². The number of hydrogen-bond donors (Lipinski definition) is 4. The highest BCUT2D eigenvalue weighted by molar-refractivity contribution is 5.77. The summed E-state index contributed by atoms with van der Waals surface area (Å²) in [5.74, 6) is -1.29. The second-order valence-corrected chi connectivity index (χ2v) is 6.29. The predicted octanol–water partition coefficient (Wildman–Crippen LogP) is -0.495. The Morgan fingerprint density at radius 3 is 1.87 bits per heavy atom. The van der Waals surface area contributed by atoms with Crippen LogP contribution < -0.4 is 0 Å². The maximum absolute atomic E-state index is 11.5. The lowest BCUT2D eigenvalue weighted by Gasteiger charge is -2.25. The maximum Gasteiger partial charge on any atom is 0.306 e. The summed E-state index contributed by atoms with van der Waals surface area (Å²) in [5, 5.41) is 38.2. The van der Waals surface area contributed by atoms with Crippen molar-refractivity contribution in [2.45, 2.75) is 77.0 Å². The summed E-state index contributed by atoms with van der Waals surface area (Å²) in [4.78, 5) is 22.9. The van der Waals surface area contributed by atoms with Gasteiger partial charge >= 0.3 is 11.9 Å². The normalized spacial score (nSPS) is 17.0. The number of aliphatic hydroxyl groups excluding tert-OH is 4. The smallest absolute Gasteiger partial charge is 0.306 e. The fourth-order valence-corrected chi connectivity index (χ4v) is 1.64. The molecule has 4 unspecified atom stereocenters. The molecular formula is C15H28O8. The summed E-state index contributed by atoms with van der Waals surface area (Å²) in [6.45, 7) is 6.16. The van der Waals surface area contributed by atoms with E-state index in [2.05, 4.69) is 0 Å². The first-order valence-corrected chi connectivity index (χ1v) is 7.57. The number of carbonyl (C=O) groups is 2. The molecule has 0 fully saturated rings. The van der Waals surface area contributed by atoms with Crippen LogP contribution in [0.4, 0.5) is 0 Å². The number of ether oxygens (including phenoxy) is 2. The molecule has 0 aliphatic heterocycles. The molecule has 0 bridgehead atoms. The molecule has 23 heavy (non-hydrogen) atoms. The van der Waals surface area contributed by atoms with Gasteiger partial charge in [0.05, 0.1) is 18.9 Å². The van der Waals surface area contributed by atoms with Crippen molar-refractivity contribution in [2.24, 2.45) is 0 Å². The molecule has 8 nitrogen and oxygen atoms in total. The van der Waals surface area contributed by atoms with Gasteiger partial charge in [-0.25, -0.2) is 0 Å². The molecule has 0 aliphatic carbocycles. The molecule has 0 aliphatic rings. The molecule has 0 aromatic rings. The lowest BCUT2D eigenvalue weighted by Crippen LogP contribution is -2.46. The van der Waals surface area contributed by atoms with E-state index in [-0.39, 0.29) is 19.3 Å². The van der Waals surface area contributed by atoms with E-state index in [1.54, 1.807) is 27.7 Å². The van der Waals surface area contributed by atoms with Gasteiger partial charge in [0.2, 0.25) is 0 Å². The highest BCUT2D eigenvalue weighted by Gasteiger charge is 2.30. The van der Waals surface area contributed by atoms with Gasteiger partial charge in [-0.2, -0.15) is 0 Å². The summed E-state index contributed by atoms with van der Waals surface area (Å²) in [5.41, 5.74) is -0.641. The Labute approximate surface area is 136 Å². The second kappa shape index (κ2) is 9.82. The van der Waals surface area contributed by atoms with E-state index in [1.165, 1.54) is 0 Å². The molecule has 0 amide bonds. The zero-order chi connectivity index (χ0) is 18.2. The van der Waals surface area contributed by atoms with Crippen molar-refractivity contribution in [2.75, 3.05) is 6.61 Å². The summed E-state index contributed by atoms with van der Waals surface area (Å²) >= 11 is 0. The number of carbonyl (C=O) groups excluding carboxylic acids is 2. The van der Waals surface area contributed by atoms with E-state index < -0.39 is 48.6 Å². The van der Waals surface area contributed by atoms with Crippen LogP contribution in [0, 0.1) is 0 Å². The van der Waals surface area contributed by atoms with Crippen LogP contribution in [0.25, 0.3) is 0 Å². The molecule has 0 heterocycles. The van der Waals surface area contributed by atoms with Gasteiger partial charge in [-0.15, -0.1) is 0 Å². The van der Waals surface area contributed by atoms with Gasteiger partial charge in [0.15, 0.2) is 0 Å². The third-order valence-corrected chi connectivity index (χ3v) is 2.92. The van der Waals surface area contributed by atoms with Crippen LogP contribution in [0.1, 0.15) is 47.0 Å². The van der Waals surface area contributed by atoms with Crippen LogP contribution in [0.2, 0.25) is 0 Å². The van der Waals surface area contributed by atoms with Crippen LogP contribution in [-0.2, 0) is 19.1 Å². The van der Waals surface area contributed by atoms with Crippen molar-refractivity contribution >= 4 is 11.9 Å². The quantitative estimate of drug-likeness (QED) is 0.414. The van der Waals surface area contributed by atoms with Gasteiger partial charge in [0.25, 0.3) is 0 Å². The van der Waals surface area contributed by atoms with Crippen LogP contribution in [-0.4, -0.2) is 69.0 Å². The van der Waals surface area contributed by atoms with Gasteiger partial charge < -0.3 is 29.9 Å². The van der Waals surface area contributed by atoms with Crippen LogP contribution in [0.5, 0.6) is 0 Å². The predicted molar refractivity (Wildman–Crippen MR) is 80.4 cm³/mol. The Kier molecular flexibility index (Phi) is 9.29. The first-order chi connectivity index (χ1) is 10.5. The lowest BCUT2D eigenvalue weighted by atomic mass is 10.0. The van der Waals surface area contributed by atoms with E-state index in [0.717, 1.165) is 0 Å². The summed E-state index contributed by atoms with van der Waals surface area (Å²) in [6.07, 6.45) is -6.12. The average Bonchev–Trinajstić information content (AvgIpc) is 2.46. The van der Waals surface area contributed by atoms with E-state index in [0.29, 0.717) is 0 Å². The average molecular weight is 336 g/mol. The summed E-state index contributed by atoms with van der Waals surface area (Å²) in [6, 6.07) is 0. The highest BCUT2D eigenvalue weighted by Crippen LogP contribution is 2.10. The number of esters is 2. The molecule has 0 rings (SSSR count). The van der Waals surface area contributed by atoms with Gasteiger partial charge in [0, 0.05) is 0 Å². The van der Waals surface area contributed by atoms with E-state index in [1.807, 2.05) is 0 Å². The van der Waals surface area contributed by atoms with Crippen LogP contribution in [0.15, 0.2) is 0 Å². The third kappa shape index (κ3) is 9.50. The molecule has 136 valence electrons. The molecule has 0 saturated carbocycles. The SMILES string of the molecule is CCC(O)C(O)C(O)C(O)COC(=O)CCC(=O)OC(C)(C)C. The molecule has 0 spiro atoms. The molecule has 0 aromatic carbocycles. The number of aliphatic hydroxyl groups is 4. The second-order valence-electron chi connectivity index (χ2n) is 6.29. The molecule has 4 atom stereocenters. The molecule has 8 heteroatoms. The van der Waals surface area contributed by atoms with Crippen molar-refractivity contribution in [3.63, 3.8) is 0 Å². The lowest BCUT2D eigenvalue weighted by molar-refractivity contribution is -0.161. The third-order valence-electron chi connectivity index (χ3n) is 2.92. The monoisotopic (exact) mass is 336 g/mol. The molecule has 0 saturated heterocycles. The van der Waals surface area contributed by atoms with Gasteiger partial charge in [-0.3, -0.25) is 9.59 Å². The Hall–Kier alpha value is -1.22. The zero-order valence-electron chi connectivity index (χ0n) is 14.1. The summed E-state index contributed by atoms with van der Waals surface area (Å²) < 4.78 is 9.74. The van der Waals surface area contributed by atoms with Crippen molar-refractivity contribution in [1.82, 2.24) is 0 Å². The summed E-state index contributed by atoms with van der Waals surface area (Å²) in [7, 11) is 0. The van der Waals surface area contributed by atoms with Crippen LogP contribution in [0.3, 0.4) is 0 Å². The van der Waals surface area contributed by atoms with Crippen molar-refractivity contribution in [3.05, 3.63) is 0 Å². The van der Waals surface area contributed by atoms with Crippen molar-refractivity contribution in [3.8, 4) is 0 Å². The first-order valence-electron chi connectivity index (χ1n) is 7.57. The van der Waals surface area contributed by atoms with Crippen molar-refractivity contribution < 1.29 is 39.5 Å². The Bertz CT molecular complexity index is 376. The molecule has 0 radical (unpaired) electrons. The minimum atomic E-state index is -1.65. The highest BCUT2D eigenvalue weighted by atomic mass is 16.6. The largest absolute Gasteiger partial charge is 0.463 e. The number of hydrogen-bond acceptors (Lipinski definition) is 8. The van der Waals surface area contributed by atoms with Crippen molar-refractivity contribution in [1.29, 1.82) is 0 Å². The molecular weight excluding hydrogens is 308 g/mol. The van der Waals surface area contributed by atoms with Gasteiger partial charge in [-0.05, 0) is 27.2 Å². The Morgan fingerprint density at radius 1 is 0.913 bits per heavy atom. The number of rotatable bonds is 9. The standard InChI is InChI=1S/C15H28O8/c1-5-9(16)13(20)14(21)10(17)8-22-11(18)6-7-12(19)23-15(2,3)4/h9-10,13-14,16-17,20-21H,5-8H2,1-4H3. The minimum Gasteiger partial charge on any atom is -0.463 e.